The normalized spacial score (nSPS) is 12.6. The Morgan fingerprint density at radius 1 is 1.06 bits per heavy atom. The fraction of sp³-hybridized carbons (Fsp3) is 0.333. The first kappa shape index (κ1) is 13.5. The topological polar surface area (TPSA) is 29.5 Å². The van der Waals surface area contributed by atoms with Crippen LogP contribution in [0.1, 0.15) is 5.56 Å². The Bertz CT molecular complexity index is 395. The molecule has 0 spiro atoms. The molecule has 96 valence electrons. The van der Waals surface area contributed by atoms with E-state index in [-0.39, 0.29) is 0 Å². The number of phenolic OH excluding ortho intramolecular Hbond substituents is 1. The summed E-state index contributed by atoms with van der Waals surface area (Å²) in [4.78, 5) is 0. The van der Waals surface area contributed by atoms with Crippen molar-refractivity contribution in [2.24, 2.45) is 0 Å². The van der Waals surface area contributed by atoms with Gasteiger partial charge in [-0.15, -0.1) is 0 Å². The van der Waals surface area contributed by atoms with E-state index in [1.165, 1.54) is 0 Å². The van der Waals surface area contributed by atoms with E-state index in [0.717, 1.165) is 6.07 Å². The molecule has 0 radical (unpaired) electrons. The number of hydrogen-bond donors (Lipinski definition) is 1. The van der Waals surface area contributed by atoms with Gasteiger partial charge in [0, 0.05) is 0 Å². The second kappa shape index (κ2) is 4.34. The molecule has 1 rings (SSSR count). The molecule has 0 saturated carbocycles. The third-order valence-corrected chi connectivity index (χ3v) is 1.66. The highest BCUT2D eigenvalue weighted by molar-refractivity contribution is 5.41. The van der Waals surface area contributed by atoms with E-state index >= 15 is 0 Å². The van der Waals surface area contributed by atoms with Gasteiger partial charge in [-0.25, -0.2) is 0 Å². The summed E-state index contributed by atoms with van der Waals surface area (Å²) in [5.41, 5.74) is -1.46. The molecule has 2 nitrogen and oxygen atoms in total. The Hall–Kier alpha value is -1.60. The van der Waals surface area contributed by atoms with Gasteiger partial charge in [0.05, 0.1) is 0 Å². The van der Waals surface area contributed by atoms with Gasteiger partial charge >= 0.3 is 12.4 Å². The summed E-state index contributed by atoms with van der Waals surface area (Å²) in [7, 11) is 0. The first-order chi connectivity index (χ1) is 7.59. The molecule has 8 heteroatoms. The number of benzene rings is 1. The predicted octanol–water partition coefficient (Wildman–Crippen LogP) is 3.35. The minimum absolute atomic E-state index is 0.297. The molecule has 0 aliphatic heterocycles. The maximum Gasteiger partial charge on any atom is 0.422 e. The fourth-order valence-electron chi connectivity index (χ4n) is 1.02. The summed E-state index contributed by atoms with van der Waals surface area (Å²) < 4.78 is 76.5. The van der Waals surface area contributed by atoms with Crippen molar-refractivity contribution in [2.45, 2.75) is 12.4 Å². The Kier molecular flexibility index (Phi) is 3.44. The van der Waals surface area contributed by atoms with E-state index in [2.05, 4.69) is 4.74 Å². The van der Waals surface area contributed by atoms with Crippen molar-refractivity contribution in [1.82, 2.24) is 0 Å². The summed E-state index contributed by atoms with van der Waals surface area (Å²) in [5, 5.41) is 8.85. The van der Waals surface area contributed by atoms with Crippen LogP contribution in [0.15, 0.2) is 18.2 Å². The highest BCUT2D eigenvalue weighted by atomic mass is 19.4. The lowest BCUT2D eigenvalue weighted by atomic mass is 10.2. The zero-order valence-electron chi connectivity index (χ0n) is 8.06. The number of hydrogen-bond acceptors (Lipinski definition) is 2. The Morgan fingerprint density at radius 2 is 1.65 bits per heavy atom. The van der Waals surface area contributed by atoms with Crippen LogP contribution in [0.2, 0.25) is 0 Å². The van der Waals surface area contributed by atoms with Gasteiger partial charge in [0.15, 0.2) is 6.61 Å². The first-order valence-corrected chi connectivity index (χ1v) is 4.19. The fourth-order valence-corrected chi connectivity index (χ4v) is 1.02. The van der Waals surface area contributed by atoms with Crippen molar-refractivity contribution >= 4 is 0 Å². The maximum atomic E-state index is 12.4. The Labute approximate surface area is 91.4 Å². The van der Waals surface area contributed by atoms with Crippen LogP contribution in [0.4, 0.5) is 26.3 Å². The van der Waals surface area contributed by atoms with E-state index < -0.39 is 36.0 Å². The minimum atomic E-state index is -4.90. The van der Waals surface area contributed by atoms with E-state index in [0.29, 0.717) is 12.1 Å². The highest BCUT2D eigenvalue weighted by Crippen LogP contribution is 2.38. The monoisotopic (exact) mass is 260 g/mol. The van der Waals surface area contributed by atoms with Crippen LogP contribution in [0.3, 0.4) is 0 Å². The highest BCUT2D eigenvalue weighted by Gasteiger charge is 2.36. The molecule has 1 aromatic carbocycles. The van der Waals surface area contributed by atoms with Crippen molar-refractivity contribution in [3.05, 3.63) is 23.8 Å². The van der Waals surface area contributed by atoms with Crippen LogP contribution in [0.25, 0.3) is 0 Å². The molecular weight excluding hydrogens is 254 g/mol. The molecular formula is C9H6F6O2. The van der Waals surface area contributed by atoms with Crippen molar-refractivity contribution in [2.75, 3.05) is 6.61 Å². The summed E-state index contributed by atoms with van der Waals surface area (Å²) in [5.74, 6) is -1.69. The summed E-state index contributed by atoms with van der Waals surface area (Å²) in [6.07, 6.45) is -9.64. The van der Waals surface area contributed by atoms with E-state index in [1.54, 1.807) is 0 Å². The lowest BCUT2D eigenvalue weighted by Gasteiger charge is -2.15. The van der Waals surface area contributed by atoms with Crippen molar-refractivity contribution in [3.63, 3.8) is 0 Å². The molecule has 0 aromatic heterocycles. The molecule has 0 heterocycles. The Morgan fingerprint density at radius 3 is 2.12 bits per heavy atom. The Balaban J connectivity index is 2.99. The number of halogens is 6. The van der Waals surface area contributed by atoms with Crippen molar-refractivity contribution in [3.8, 4) is 11.5 Å². The third-order valence-electron chi connectivity index (χ3n) is 1.66. The third kappa shape index (κ3) is 4.04. The summed E-state index contributed by atoms with van der Waals surface area (Å²) >= 11 is 0. The zero-order valence-corrected chi connectivity index (χ0v) is 8.06. The quantitative estimate of drug-likeness (QED) is 0.826. The van der Waals surface area contributed by atoms with Gasteiger partial charge < -0.3 is 9.84 Å². The summed E-state index contributed by atoms with van der Waals surface area (Å²) in [6, 6.07) is 1.73. The molecule has 1 N–H and O–H groups in total. The molecule has 0 amide bonds. The number of ether oxygens (including phenoxy) is 1. The van der Waals surface area contributed by atoms with E-state index in [9.17, 15) is 26.3 Å². The lowest BCUT2D eigenvalue weighted by molar-refractivity contribution is -0.158. The standard InChI is InChI=1S/C9H6F6O2/c10-8(11,12)4-17-7-2-1-5(16)3-6(7)9(13,14)15/h1-3,16H,4H2. The second-order valence-corrected chi connectivity index (χ2v) is 3.08. The molecule has 17 heavy (non-hydrogen) atoms. The van der Waals surface area contributed by atoms with Crippen LogP contribution < -0.4 is 4.74 Å². The molecule has 0 aliphatic rings. The average molecular weight is 260 g/mol. The largest absolute Gasteiger partial charge is 0.508 e. The molecule has 0 aliphatic carbocycles. The molecule has 0 saturated heterocycles. The predicted molar refractivity (Wildman–Crippen MR) is 44.7 cm³/mol. The lowest BCUT2D eigenvalue weighted by Crippen LogP contribution is -2.20. The number of aromatic hydroxyl groups is 1. The minimum Gasteiger partial charge on any atom is -0.508 e. The van der Waals surface area contributed by atoms with Gasteiger partial charge in [0.2, 0.25) is 0 Å². The second-order valence-electron chi connectivity index (χ2n) is 3.08. The van der Waals surface area contributed by atoms with E-state index in [4.69, 9.17) is 5.11 Å². The zero-order chi connectivity index (χ0) is 13.3. The van der Waals surface area contributed by atoms with Crippen molar-refractivity contribution in [1.29, 1.82) is 0 Å². The van der Waals surface area contributed by atoms with Crippen LogP contribution in [0, 0.1) is 0 Å². The average Bonchev–Trinajstić information content (AvgIpc) is 2.13. The molecule has 0 fully saturated rings. The molecule has 0 atom stereocenters. The van der Waals surface area contributed by atoms with Gasteiger partial charge in [-0.3, -0.25) is 0 Å². The molecule has 0 unspecified atom stereocenters. The number of alkyl halides is 6. The number of phenols is 1. The van der Waals surface area contributed by atoms with Gasteiger partial charge in [0.25, 0.3) is 0 Å². The number of rotatable bonds is 2. The SMILES string of the molecule is Oc1ccc(OCC(F)(F)F)c(C(F)(F)F)c1. The molecule has 1 aromatic rings. The van der Waals surface area contributed by atoms with Crippen LogP contribution in [-0.2, 0) is 6.18 Å². The van der Waals surface area contributed by atoms with Crippen LogP contribution in [-0.4, -0.2) is 17.9 Å². The summed E-state index contributed by atoms with van der Waals surface area (Å²) in [6.45, 7) is -1.83. The first-order valence-electron chi connectivity index (χ1n) is 4.19. The van der Waals surface area contributed by atoms with E-state index in [1.807, 2.05) is 0 Å². The van der Waals surface area contributed by atoms with Gasteiger partial charge in [-0.1, -0.05) is 0 Å². The van der Waals surface area contributed by atoms with Crippen molar-refractivity contribution < 1.29 is 36.2 Å². The maximum absolute atomic E-state index is 12.4. The smallest absolute Gasteiger partial charge is 0.422 e. The van der Waals surface area contributed by atoms with Crippen LogP contribution in [0.5, 0.6) is 11.5 Å². The van der Waals surface area contributed by atoms with Gasteiger partial charge in [-0.05, 0) is 18.2 Å². The van der Waals surface area contributed by atoms with Gasteiger partial charge in [0.1, 0.15) is 17.1 Å². The molecule has 0 bridgehead atoms. The van der Waals surface area contributed by atoms with Gasteiger partial charge in [-0.2, -0.15) is 26.3 Å². The van der Waals surface area contributed by atoms with Crippen LogP contribution >= 0.6 is 0 Å².